The number of aliphatic hydroxyl groups excluding tert-OH is 1. The minimum Gasteiger partial charge on any atom is -0.475 e. The van der Waals surface area contributed by atoms with Gasteiger partial charge in [-0.15, -0.1) is 0 Å². The average molecular weight is 363 g/mol. The van der Waals surface area contributed by atoms with Crippen molar-refractivity contribution < 1.29 is 9.84 Å². The fourth-order valence-corrected chi connectivity index (χ4v) is 2.60. The molecule has 4 heterocycles. The van der Waals surface area contributed by atoms with Crippen molar-refractivity contribution in [1.82, 2.24) is 29.5 Å². The molecule has 4 rings (SSSR count). The van der Waals surface area contributed by atoms with Crippen LogP contribution in [0.3, 0.4) is 0 Å². The maximum Gasteiger partial charge on any atom is 0.213 e. The zero-order chi connectivity index (χ0) is 18.6. The molecule has 0 spiro atoms. The van der Waals surface area contributed by atoms with Crippen LogP contribution in [0.5, 0.6) is 5.88 Å². The van der Waals surface area contributed by atoms with Gasteiger partial charge in [-0.25, -0.2) is 24.9 Å². The van der Waals surface area contributed by atoms with Crippen LogP contribution >= 0.6 is 0 Å². The number of aromatic nitrogens is 6. The first-order chi connectivity index (χ1) is 13.2. The van der Waals surface area contributed by atoms with E-state index < -0.39 is 0 Å². The number of nitrogens with zero attached hydrogens (tertiary/aromatic N) is 6. The van der Waals surface area contributed by atoms with E-state index in [4.69, 9.17) is 14.8 Å². The van der Waals surface area contributed by atoms with Gasteiger partial charge in [0, 0.05) is 13.1 Å². The topological polar surface area (TPSA) is 111 Å². The second-order valence-electron chi connectivity index (χ2n) is 5.76. The lowest BCUT2D eigenvalue weighted by atomic mass is 10.2. The zero-order valence-electron chi connectivity index (χ0n) is 14.6. The second-order valence-corrected chi connectivity index (χ2v) is 5.76. The first kappa shape index (κ1) is 16.9. The van der Waals surface area contributed by atoms with E-state index in [-0.39, 0.29) is 13.2 Å². The third-order valence-electron chi connectivity index (χ3n) is 3.90. The number of anilines is 2. The Morgan fingerprint density at radius 3 is 2.78 bits per heavy atom. The lowest BCUT2D eigenvalue weighted by molar-refractivity contribution is 0.196. The molecule has 4 aromatic rings. The summed E-state index contributed by atoms with van der Waals surface area (Å²) in [7, 11) is 1.92. The molecule has 0 atom stereocenters. The Bertz CT molecular complexity index is 1060. The number of pyridine rings is 2. The van der Waals surface area contributed by atoms with Gasteiger partial charge in [0.05, 0.1) is 47.9 Å². The summed E-state index contributed by atoms with van der Waals surface area (Å²) in [6.07, 6.45) is 6.61. The van der Waals surface area contributed by atoms with E-state index >= 15 is 0 Å². The van der Waals surface area contributed by atoms with E-state index in [2.05, 4.69) is 25.3 Å². The molecule has 27 heavy (non-hydrogen) atoms. The fraction of sp³-hybridized carbons (Fsp3) is 0.167. The monoisotopic (exact) mass is 363 g/mol. The molecule has 9 nitrogen and oxygen atoms in total. The van der Waals surface area contributed by atoms with Crippen molar-refractivity contribution in [3.8, 4) is 17.3 Å². The lowest BCUT2D eigenvalue weighted by Gasteiger charge is -2.09. The Morgan fingerprint density at radius 2 is 2.04 bits per heavy atom. The van der Waals surface area contributed by atoms with E-state index in [9.17, 15) is 0 Å². The first-order valence-corrected chi connectivity index (χ1v) is 8.30. The minimum atomic E-state index is -0.0563. The average Bonchev–Trinajstić information content (AvgIpc) is 3.13. The summed E-state index contributed by atoms with van der Waals surface area (Å²) < 4.78 is 7.17. The predicted octanol–water partition coefficient (Wildman–Crippen LogP) is 1.93. The van der Waals surface area contributed by atoms with Crippen LogP contribution in [-0.2, 0) is 7.05 Å². The van der Waals surface area contributed by atoms with E-state index in [1.807, 2.05) is 29.8 Å². The molecule has 0 aromatic carbocycles. The molecule has 136 valence electrons. The number of rotatable bonds is 6. The zero-order valence-corrected chi connectivity index (χ0v) is 14.6. The van der Waals surface area contributed by atoms with Crippen molar-refractivity contribution in [2.75, 3.05) is 18.5 Å². The third-order valence-corrected chi connectivity index (χ3v) is 3.90. The van der Waals surface area contributed by atoms with Gasteiger partial charge in [0.15, 0.2) is 5.82 Å². The van der Waals surface area contributed by atoms with E-state index in [1.165, 1.54) is 6.33 Å². The van der Waals surface area contributed by atoms with E-state index in [0.29, 0.717) is 17.2 Å². The number of imidazole rings is 1. The molecule has 0 saturated heterocycles. The van der Waals surface area contributed by atoms with Crippen molar-refractivity contribution in [3.63, 3.8) is 0 Å². The number of fused-ring (bicyclic) bond motifs is 1. The van der Waals surface area contributed by atoms with Crippen LogP contribution in [0.4, 0.5) is 11.5 Å². The number of aryl methyl sites for hydroxylation is 1. The van der Waals surface area contributed by atoms with Crippen molar-refractivity contribution in [3.05, 3.63) is 49.3 Å². The highest BCUT2D eigenvalue weighted by atomic mass is 16.5. The van der Waals surface area contributed by atoms with Gasteiger partial charge in [-0.05, 0) is 18.2 Å². The summed E-state index contributed by atoms with van der Waals surface area (Å²) in [5.74, 6) is 1.02. The van der Waals surface area contributed by atoms with Crippen molar-refractivity contribution in [2.45, 2.75) is 0 Å². The number of nitrogens with one attached hydrogen (secondary N) is 1. The lowest BCUT2D eigenvalue weighted by Crippen LogP contribution is -2.03. The second kappa shape index (κ2) is 7.34. The van der Waals surface area contributed by atoms with Gasteiger partial charge >= 0.3 is 0 Å². The molecule has 0 saturated carbocycles. The maximum absolute atomic E-state index is 8.79. The maximum atomic E-state index is 8.79. The molecule has 4 aromatic heterocycles. The van der Waals surface area contributed by atoms with Crippen molar-refractivity contribution in [1.29, 1.82) is 0 Å². The third kappa shape index (κ3) is 3.53. The molecular formula is C18H17N7O2. The highest BCUT2D eigenvalue weighted by Crippen LogP contribution is 2.25. The number of aliphatic hydroxyl groups is 1. The summed E-state index contributed by atoms with van der Waals surface area (Å²) in [4.78, 5) is 21.6. The normalized spacial score (nSPS) is 10.9. The van der Waals surface area contributed by atoms with Gasteiger partial charge in [0.1, 0.15) is 18.5 Å². The summed E-state index contributed by atoms with van der Waals surface area (Å²) in [5.41, 5.74) is 3.80. The Kier molecular flexibility index (Phi) is 4.58. The van der Waals surface area contributed by atoms with Crippen LogP contribution in [-0.4, -0.2) is 47.8 Å². The standard InChI is InChI=1S/C18H17N7O2/c1-25-11-19-9-15(25)13-3-4-14-17(24-13)18(22-10-21-14)23-12-2-5-16(20-8-12)27-7-6-26/h2-5,8-11,26H,6-7H2,1H3,(H,21,22,23). The Labute approximate surface area is 154 Å². The molecule has 0 aliphatic carbocycles. The summed E-state index contributed by atoms with van der Waals surface area (Å²) in [6.45, 7) is 0.149. The van der Waals surface area contributed by atoms with Crippen molar-refractivity contribution in [2.24, 2.45) is 7.05 Å². The van der Waals surface area contributed by atoms with Crippen LogP contribution in [0.15, 0.2) is 49.3 Å². The molecule has 0 unspecified atom stereocenters. The highest BCUT2D eigenvalue weighted by Gasteiger charge is 2.10. The van der Waals surface area contributed by atoms with Crippen LogP contribution in [0.25, 0.3) is 22.4 Å². The van der Waals surface area contributed by atoms with Gasteiger partial charge in [0.25, 0.3) is 0 Å². The molecular weight excluding hydrogens is 346 g/mol. The highest BCUT2D eigenvalue weighted by molar-refractivity contribution is 5.88. The van der Waals surface area contributed by atoms with Gasteiger partial charge in [-0.2, -0.15) is 0 Å². The van der Waals surface area contributed by atoms with Gasteiger partial charge in [0.2, 0.25) is 5.88 Å². The molecule has 0 aliphatic rings. The molecule has 0 aliphatic heterocycles. The van der Waals surface area contributed by atoms with Crippen LogP contribution < -0.4 is 10.1 Å². The summed E-state index contributed by atoms with van der Waals surface area (Å²) >= 11 is 0. The van der Waals surface area contributed by atoms with Gasteiger partial charge < -0.3 is 19.7 Å². The molecule has 0 amide bonds. The van der Waals surface area contributed by atoms with Crippen LogP contribution in [0.1, 0.15) is 0 Å². The van der Waals surface area contributed by atoms with Gasteiger partial charge in [-0.3, -0.25) is 0 Å². The fourth-order valence-electron chi connectivity index (χ4n) is 2.60. The molecule has 9 heteroatoms. The summed E-state index contributed by atoms with van der Waals surface area (Å²) in [5, 5.41) is 12.0. The van der Waals surface area contributed by atoms with Crippen LogP contribution in [0.2, 0.25) is 0 Å². The quantitative estimate of drug-likeness (QED) is 0.535. The Balaban J connectivity index is 1.66. The largest absolute Gasteiger partial charge is 0.475 e. The molecule has 0 bridgehead atoms. The van der Waals surface area contributed by atoms with E-state index in [0.717, 1.165) is 22.6 Å². The summed E-state index contributed by atoms with van der Waals surface area (Å²) in [6, 6.07) is 7.35. The van der Waals surface area contributed by atoms with E-state index in [1.54, 1.807) is 24.8 Å². The molecule has 0 radical (unpaired) electrons. The number of ether oxygens (including phenoxy) is 1. The minimum absolute atomic E-state index is 0.0563. The van der Waals surface area contributed by atoms with Gasteiger partial charge in [-0.1, -0.05) is 0 Å². The molecule has 2 N–H and O–H groups in total. The predicted molar refractivity (Wildman–Crippen MR) is 99.6 cm³/mol. The number of hydrogen-bond acceptors (Lipinski definition) is 8. The number of hydrogen-bond donors (Lipinski definition) is 2. The first-order valence-electron chi connectivity index (χ1n) is 8.30. The Hall–Kier alpha value is -3.59. The SMILES string of the molecule is Cn1cncc1-c1ccc2ncnc(Nc3ccc(OCCO)nc3)c2n1. The smallest absolute Gasteiger partial charge is 0.213 e. The van der Waals surface area contributed by atoms with Crippen molar-refractivity contribution >= 4 is 22.5 Å². The molecule has 0 fully saturated rings. The van der Waals surface area contributed by atoms with Crippen LogP contribution in [0, 0.1) is 0 Å². The Morgan fingerprint density at radius 1 is 1.11 bits per heavy atom.